The minimum atomic E-state index is -1.26. The molecular weight excluding hydrogens is 448 g/mol. The highest BCUT2D eigenvalue weighted by Crippen LogP contribution is 2.40. The van der Waals surface area contributed by atoms with Gasteiger partial charge in [-0.15, -0.1) is 0 Å². The SMILES string of the molecule is CCCCCNC(=O)C(c1ccccc1)N(C(=O)C(CC(N)=O)NC(=O)OC(C)(C)C)C1CC1C. The van der Waals surface area contributed by atoms with Gasteiger partial charge in [-0.3, -0.25) is 14.4 Å². The van der Waals surface area contributed by atoms with Crippen LogP contribution in [0.15, 0.2) is 30.3 Å². The lowest BCUT2D eigenvalue weighted by atomic mass is 10.0. The molecule has 0 saturated heterocycles. The van der Waals surface area contributed by atoms with E-state index in [9.17, 15) is 19.2 Å². The number of nitrogens with one attached hydrogen (secondary N) is 2. The van der Waals surface area contributed by atoms with Gasteiger partial charge in [0.1, 0.15) is 17.7 Å². The van der Waals surface area contributed by atoms with Crippen LogP contribution in [0.4, 0.5) is 4.79 Å². The Labute approximate surface area is 208 Å². The maximum atomic E-state index is 13.9. The predicted octanol–water partition coefficient (Wildman–Crippen LogP) is 3.04. The number of rotatable bonds is 12. The molecule has 1 aliphatic rings. The first-order valence-corrected chi connectivity index (χ1v) is 12.4. The number of ether oxygens (including phenoxy) is 1. The van der Waals surface area contributed by atoms with Gasteiger partial charge >= 0.3 is 6.09 Å². The van der Waals surface area contributed by atoms with Gasteiger partial charge < -0.3 is 26.0 Å². The van der Waals surface area contributed by atoms with Crippen molar-refractivity contribution in [2.24, 2.45) is 11.7 Å². The third-order valence-electron chi connectivity index (χ3n) is 5.79. The van der Waals surface area contributed by atoms with E-state index in [0.717, 1.165) is 19.3 Å². The second-order valence-corrected chi connectivity index (χ2v) is 10.2. The average Bonchev–Trinajstić information content (AvgIpc) is 3.48. The van der Waals surface area contributed by atoms with Crippen molar-refractivity contribution in [1.29, 1.82) is 0 Å². The van der Waals surface area contributed by atoms with Crippen LogP contribution in [-0.4, -0.2) is 52.9 Å². The summed E-state index contributed by atoms with van der Waals surface area (Å²) in [6, 6.07) is 6.69. The van der Waals surface area contributed by atoms with E-state index >= 15 is 0 Å². The zero-order valence-electron chi connectivity index (χ0n) is 21.5. The van der Waals surface area contributed by atoms with Crippen molar-refractivity contribution in [3.8, 4) is 0 Å². The molecule has 0 bridgehead atoms. The molecule has 9 nitrogen and oxygen atoms in total. The molecule has 4 atom stereocenters. The summed E-state index contributed by atoms with van der Waals surface area (Å²) in [4.78, 5) is 53.1. The number of carbonyl (C=O) groups is 4. The van der Waals surface area contributed by atoms with Crippen LogP contribution < -0.4 is 16.4 Å². The fourth-order valence-electron chi connectivity index (χ4n) is 3.96. The number of hydrogen-bond acceptors (Lipinski definition) is 5. The Kier molecular flexibility index (Phi) is 10.1. The van der Waals surface area contributed by atoms with Crippen LogP contribution >= 0.6 is 0 Å². The molecule has 4 amide bonds. The fraction of sp³-hybridized carbons (Fsp3) is 0.615. The number of nitrogens with zero attached hydrogens (tertiary/aromatic N) is 1. The van der Waals surface area contributed by atoms with E-state index in [0.29, 0.717) is 18.5 Å². The minimum Gasteiger partial charge on any atom is -0.444 e. The van der Waals surface area contributed by atoms with E-state index < -0.39 is 42.0 Å². The third-order valence-corrected chi connectivity index (χ3v) is 5.79. The van der Waals surface area contributed by atoms with Gasteiger partial charge in [0, 0.05) is 12.6 Å². The van der Waals surface area contributed by atoms with Crippen molar-refractivity contribution in [2.75, 3.05) is 6.54 Å². The molecule has 0 aliphatic heterocycles. The standard InChI is InChI=1S/C26H40N4O5/c1-6-7-11-14-28-23(32)22(18-12-9-8-10-13-18)30(20-15-17(20)2)24(33)19(16-21(27)31)29-25(34)35-26(3,4)5/h8-10,12-13,17,19-20,22H,6-7,11,14-16H2,1-5H3,(H2,27,31)(H,28,32)(H,29,34). The second kappa shape index (κ2) is 12.6. The van der Waals surface area contributed by atoms with Gasteiger partial charge in [0.05, 0.1) is 6.42 Å². The molecule has 0 spiro atoms. The lowest BCUT2D eigenvalue weighted by Gasteiger charge is -2.35. The van der Waals surface area contributed by atoms with Gasteiger partial charge in [-0.05, 0) is 45.1 Å². The Hall–Kier alpha value is -3.10. The van der Waals surface area contributed by atoms with Gasteiger partial charge in [0.15, 0.2) is 0 Å². The van der Waals surface area contributed by atoms with Crippen LogP contribution in [0, 0.1) is 5.92 Å². The quantitative estimate of drug-likeness (QED) is 0.389. The summed E-state index contributed by atoms with van der Waals surface area (Å²) in [6.07, 6.45) is 2.32. The molecule has 35 heavy (non-hydrogen) atoms. The summed E-state index contributed by atoms with van der Waals surface area (Å²) >= 11 is 0. The highest BCUT2D eigenvalue weighted by molar-refractivity contribution is 5.95. The Morgan fingerprint density at radius 1 is 1.14 bits per heavy atom. The highest BCUT2D eigenvalue weighted by Gasteiger charge is 2.48. The fourth-order valence-corrected chi connectivity index (χ4v) is 3.96. The van der Waals surface area contributed by atoms with Gasteiger partial charge in [-0.1, -0.05) is 57.0 Å². The largest absolute Gasteiger partial charge is 0.444 e. The summed E-state index contributed by atoms with van der Waals surface area (Å²) < 4.78 is 5.29. The van der Waals surface area contributed by atoms with Crippen molar-refractivity contribution in [1.82, 2.24) is 15.5 Å². The number of nitrogens with two attached hydrogens (primary N) is 1. The topological polar surface area (TPSA) is 131 Å². The van der Waals surface area contributed by atoms with Crippen molar-refractivity contribution in [3.05, 3.63) is 35.9 Å². The van der Waals surface area contributed by atoms with E-state index in [1.807, 2.05) is 25.1 Å². The first-order chi connectivity index (χ1) is 16.4. The lowest BCUT2D eigenvalue weighted by Crippen LogP contribution is -2.55. The minimum absolute atomic E-state index is 0.175. The van der Waals surface area contributed by atoms with Crippen LogP contribution in [-0.2, 0) is 19.1 Å². The van der Waals surface area contributed by atoms with E-state index in [1.54, 1.807) is 32.9 Å². The molecule has 1 saturated carbocycles. The molecule has 1 aromatic carbocycles. The molecule has 0 radical (unpaired) electrons. The number of hydrogen-bond donors (Lipinski definition) is 3. The van der Waals surface area contributed by atoms with E-state index in [-0.39, 0.29) is 17.9 Å². The molecule has 2 rings (SSSR count). The van der Waals surface area contributed by atoms with Crippen LogP contribution in [0.3, 0.4) is 0 Å². The number of primary amides is 1. The number of amides is 4. The molecule has 1 aliphatic carbocycles. The predicted molar refractivity (Wildman–Crippen MR) is 133 cm³/mol. The Bertz CT molecular complexity index is 883. The van der Waals surface area contributed by atoms with E-state index in [2.05, 4.69) is 17.6 Å². The van der Waals surface area contributed by atoms with Crippen molar-refractivity contribution in [2.45, 2.75) is 90.4 Å². The van der Waals surface area contributed by atoms with Crippen LogP contribution in [0.25, 0.3) is 0 Å². The van der Waals surface area contributed by atoms with Crippen molar-refractivity contribution in [3.63, 3.8) is 0 Å². The summed E-state index contributed by atoms with van der Waals surface area (Å²) in [5, 5.41) is 5.47. The maximum absolute atomic E-state index is 13.9. The molecule has 0 aromatic heterocycles. The first kappa shape index (κ1) is 28.1. The van der Waals surface area contributed by atoms with Gasteiger partial charge in [-0.25, -0.2) is 4.79 Å². The average molecular weight is 489 g/mol. The van der Waals surface area contributed by atoms with Gasteiger partial charge in [0.2, 0.25) is 17.7 Å². The molecule has 4 unspecified atom stereocenters. The number of alkyl carbamates (subject to hydrolysis) is 1. The normalized spacial score (nSPS) is 18.7. The van der Waals surface area contributed by atoms with E-state index in [1.165, 1.54) is 4.90 Å². The van der Waals surface area contributed by atoms with Crippen LogP contribution in [0.1, 0.15) is 78.3 Å². The maximum Gasteiger partial charge on any atom is 0.408 e. The zero-order chi connectivity index (χ0) is 26.2. The molecule has 1 fully saturated rings. The molecule has 4 N–H and O–H groups in total. The van der Waals surface area contributed by atoms with E-state index in [4.69, 9.17) is 10.5 Å². The van der Waals surface area contributed by atoms with Crippen molar-refractivity contribution >= 4 is 23.8 Å². The van der Waals surface area contributed by atoms with Gasteiger partial charge in [0.25, 0.3) is 0 Å². The smallest absolute Gasteiger partial charge is 0.408 e. The lowest BCUT2D eigenvalue weighted by molar-refractivity contribution is -0.144. The van der Waals surface area contributed by atoms with Crippen molar-refractivity contribution < 1.29 is 23.9 Å². The third kappa shape index (κ3) is 8.88. The highest BCUT2D eigenvalue weighted by atomic mass is 16.6. The summed E-state index contributed by atoms with van der Waals surface area (Å²) in [5.74, 6) is -1.41. The summed E-state index contributed by atoms with van der Waals surface area (Å²) in [5.41, 5.74) is 5.28. The number of carbonyl (C=O) groups excluding carboxylic acids is 4. The molecule has 1 aromatic rings. The molecule has 9 heteroatoms. The first-order valence-electron chi connectivity index (χ1n) is 12.4. The molecule has 194 valence electrons. The Morgan fingerprint density at radius 3 is 2.29 bits per heavy atom. The van der Waals surface area contributed by atoms with Gasteiger partial charge in [-0.2, -0.15) is 0 Å². The summed E-state index contributed by atoms with van der Waals surface area (Å²) in [6.45, 7) is 9.67. The number of unbranched alkanes of at least 4 members (excludes halogenated alkanes) is 2. The van der Waals surface area contributed by atoms with Crippen LogP contribution in [0.2, 0.25) is 0 Å². The monoisotopic (exact) mass is 488 g/mol. The second-order valence-electron chi connectivity index (χ2n) is 10.2. The number of benzene rings is 1. The zero-order valence-corrected chi connectivity index (χ0v) is 21.5. The Balaban J connectivity index is 2.39. The van der Waals surface area contributed by atoms with Crippen LogP contribution in [0.5, 0.6) is 0 Å². The molecular formula is C26H40N4O5. The molecule has 0 heterocycles. The Morgan fingerprint density at radius 2 is 1.77 bits per heavy atom. The summed E-state index contributed by atoms with van der Waals surface area (Å²) in [7, 11) is 0.